The van der Waals surface area contributed by atoms with Crippen LogP contribution in [0, 0.1) is 5.41 Å². The minimum absolute atomic E-state index is 0.135. The summed E-state index contributed by atoms with van der Waals surface area (Å²) in [5.41, 5.74) is -0.135. The van der Waals surface area contributed by atoms with Crippen molar-refractivity contribution in [3.05, 3.63) is 0 Å². The Morgan fingerprint density at radius 2 is 2.29 bits per heavy atom. The topological polar surface area (TPSA) is 41.1 Å². The lowest BCUT2D eigenvalue weighted by Gasteiger charge is -2.27. The molecular weight excluding hydrogens is 176 g/mol. The van der Waals surface area contributed by atoms with Gasteiger partial charge in [0.15, 0.2) is 0 Å². The van der Waals surface area contributed by atoms with Crippen molar-refractivity contribution in [2.75, 3.05) is 13.1 Å². The van der Waals surface area contributed by atoms with Crippen LogP contribution >= 0.6 is 0 Å². The Kier molecular flexibility index (Phi) is 3.93. The van der Waals surface area contributed by atoms with Gasteiger partial charge in [-0.05, 0) is 32.7 Å². The molecule has 3 heteroatoms. The SMILES string of the molecule is CCC(C)NC(=O)C1(CC)CCNC1. The number of nitrogens with one attached hydrogen (secondary N) is 2. The van der Waals surface area contributed by atoms with E-state index >= 15 is 0 Å². The molecule has 0 bridgehead atoms. The Morgan fingerprint density at radius 3 is 2.71 bits per heavy atom. The molecule has 1 aliphatic rings. The van der Waals surface area contributed by atoms with Gasteiger partial charge >= 0.3 is 0 Å². The largest absolute Gasteiger partial charge is 0.353 e. The van der Waals surface area contributed by atoms with Crippen LogP contribution in [0.1, 0.15) is 40.0 Å². The van der Waals surface area contributed by atoms with Crippen LogP contribution in [-0.4, -0.2) is 25.0 Å². The number of hydrogen-bond acceptors (Lipinski definition) is 2. The first-order chi connectivity index (χ1) is 6.64. The zero-order valence-electron chi connectivity index (χ0n) is 9.52. The first-order valence-electron chi connectivity index (χ1n) is 5.66. The summed E-state index contributed by atoms with van der Waals surface area (Å²) in [6.07, 6.45) is 2.91. The zero-order chi connectivity index (χ0) is 10.6. The van der Waals surface area contributed by atoms with Gasteiger partial charge in [0.2, 0.25) is 5.91 Å². The van der Waals surface area contributed by atoms with Crippen molar-refractivity contribution in [1.29, 1.82) is 0 Å². The number of carbonyl (C=O) groups excluding carboxylic acids is 1. The minimum Gasteiger partial charge on any atom is -0.353 e. The maximum Gasteiger partial charge on any atom is 0.227 e. The molecule has 0 aliphatic carbocycles. The second kappa shape index (κ2) is 4.78. The summed E-state index contributed by atoms with van der Waals surface area (Å²) in [6.45, 7) is 8.07. The van der Waals surface area contributed by atoms with Gasteiger partial charge in [-0.3, -0.25) is 4.79 Å². The molecule has 0 radical (unpaired) electrons. The van der Waals surface area contributed by atoms with E-state index < -0.39 is 0 Å². The summed E-state index contributed by atoms with van der Waals surface area (Å²) in [5, 5.41) is 6.36. The van der Waals surface area contributed by atoms with Crippen molar-refractivity contribution in [3.63, 3.8) is 0 Å². The third-order valence-corrected chi connectivity index (χ3v) is 3.39. The molecule has 0 aromatic heterocycles. The molecule has 1 amide bonds. The monoisotopic (exact) mass is 198 g/mol. The first-order valence-corrected chi connectivity index (χ1v) is 5.66. The molecule has 1 aliphatic heterocycles. The number of amides is 1. The van der Waals surface area contributed by atoms with E-state index in [1.54, 1.807) is 0 Å². The highest BCUT2D eigenvalue weighted by Crippen LogP contribution is 2.29. The first kappa shape index (κ1) is 11.5. The predicted molar refractivity (Wildman–Crippen MR) is 58.1 cm³/mol. The van der Waals surface area contributed by atoms with Crippen LogP contribution in [0.5, 0.6) is 0 Å². The summed E-state index contributed by atoms with van der Waals surface area (Å²) < 4.78 is 0. The quantitative estimate of drug-likeness (QED) is 0.714. The highest BCUT2D eigenvalue weighted by atomic mass is 16.2. The Labute approximate surface area is 86.6 Å². The Morgan fingerprint density at radius 1 is 1.57 bits per heavy atom. The summed E-state index contributed by atoms with van der Waals surface area (Å²) in [5.74, 6) is 0.236. The van der Waals surface area contributed by atoms with E-state index in [4.69, 9.17) is 0 Å². The fraction of sp³-hybridized carbons (Fsp3) is 0.909. The van der Waals surface area contributed by atoms with E-state index in [9.17, 15) is 4.79 Å². The van der Waals surface area contributed by atoms with Crippen molar-refractivity contribution in [3.8, 4) is 0 Å². The summed E-state index contributed by atoms with van der Waals surface area (Å²) in [7, 11) is 0. The van der Waals surface area contributed by atoms with E-state index in [0.29, 0.717) is 6.04 Å². The minimum atomic E-state index is -0.135. The van der Waals surface area contributed by atoms with E-state index in [1.807, 2.05) is 0 Å². The smallest absolute Gasteiger partial charge is 0.227 e. The third kappa shape index (κ3) is 2.27. The molecule has 3 nitrogen and oxygen atoms in total. The number of carbonyl (C=O) groups is 1. The van der Waals surface area contributed by atoms with E-state index in [2.05, 4.69) is 31.4 Å². The van der Waals surface area contributed by atoms with Crippen molar-refractivity contribution >= 4 is 5.91 Å². The summed E-state index contributed by atoms with van der Waals surface area (Å²) in [4.78, 5) is 12.0. The van der Waals surface area contributed by atoms with Gasteiger partial charge in [-0.25, -0.2) is 0 Å². The molecule has 2 atom stereocenters. The van der Waals surface area contributed by atoms with Crippen LogP contribution in [0.3, 0.4) is 0 Å². The molecule has 1 heterocycles. The lowest BCUT2D eigenvalue weighted by molar-refractivity contribution is -0.130. The molecule has 1 rings (SSSR count). The molecule has 1 fully saturated rings. The number of rotatable bonds is 4. The van der Waals surface area contributed by atoms with Gasteiger partial charge < -0.3 is 10.6 Å². The van der Waals surface area contributed by atoms with Gasteiger partial charge in [-0.1, -0.05) is 13.8 Å². The van der Waals surface area contributed by atoms with E-state index in [0.717, 1.165) is 32.4 Å². The van der Waals surface area contributed by atoms with Gasteiger partial charge in [-0.15, -0.1) is 0 Å². The molecule has 1 saturated heterocycles. The van der Waals surface area contributed by atoms with Crippen molar-refractivity contribution in [2.45, 2.75) is 46.1 Å². The van der Waals surface area contributed by atoms with Crippen LogP contribution in [-0.2, 0) is 4.79 Å². The maximum atomic E-state index is 12.0. The highest BCUT2D eigenvalue weighted by Gasteiger charge is 2.39. The molecule has 14 heavy (non-hydrogen) atoms. The highest BCUT2D eigenvalue weighted by molar-refractivity contribution is 5.83. The summed E-state index contributed by atoms with van der Waals surface area (Å²) >= 11 is 0. The molecule has 0 saturated carbocycles. The molecule has 2 unspecified atom stereocenters. The zero-order valence-corrected chi connectivity index (χ0v) is 9.52. The van der Waals surface area contributed by atoms with Gasteiger partial charge in [0.1, 0.15) is 0 Å². The fourth-order valence-electron chi connectivity index (χ4n) is 1.88. The van der Waals surface area contributed by atoms with Crippen LogP contribution in [0.25, 0.3) is 0 Å². The fourth-order valence-corrected chi connectivity index (χ4v) is 1.88. The third-order valence-electron chi connectivity index (χ3n) is 3.39. The Bertz CT molecular complexity index is 197. The second-order valence-electron chi connectivity index (χ2n) is 4.34. The van der Waals surface area contributed by atoms with Gasteiger partial charge in [-0.2, -0.15) is 0 Å². The van der Waals surface area contributed by atoms with Crippen LogP contribution in [0.2, 0.25) is 0 Å². The lowest BCUT2D eigenvalue weighted by atomic mass is 9.83. The molecule has 0 aromatic carbocycles. The molecule has 82 valence electrons. The van der Waals surface area contributed by atoms with E-state index in [1.165, 1.54) is 0 Å². The standard InChI is InChI=1S/C11H22N2O/c1-4-9(3)13-10(14)11(5-2)6-7-12-8-11/h9,12H,4-8H2,1-3H3,(H,13,14). The summed E-state index contributed by atoms with van der Waals surface area (Å²) in [6, 6.07) is 0.298. The van der Waals surface area contributed by atoms with Gasteiger partial charge in [0, 0.05) is 12.6 Å². The van der Waals surface area contributed by atoms with Crippen LogP contribution in [0.4, 0.5) is 0 Å². The Hall–Kier alpha value is -0.570. The van der Waals surface area contributed by atoms with Gasteiger partial charge in [0.25, 0.3) is 0 Å². The van der Waals surface area contributed by atoms with E-state index in [-0.39, 0.29) is 11.3 Å². The maximum absolute atomic E-state index is 12.0. The second-order valence-corrected chi connectivity index (χ2v) is 4.34. The average molecular weight is 198 g/mol. The Balaban J connectivity index is 2.56. The van der Waals surface area contributed by atoms with Crippen molar-refractivity contribution < 1.29 is 4.79 Å². The predicted octanol–water partition coefficient (Wildman–Crippen LogP) is 1.29. The molecule has 0 spiro atoms. The lowest BCUT2D eigenvalue weighted by Crippen LogP contribution is -2.45. The molecule has 0 aromatic rings. The molecular formula is C11H22N2O. The van der Waals surface area contributed by atoms with Gasteiger partial charge in [0.05, 0.1) is 5.41 Å². The number of hydrogen-bond donors (Lipinski definition) is 2. The molecule has 2 N–H and O–H groups in total. The van der Waals surface area contributed by atoms with Crippen LogP contribution < -0.4 is 10.6 Å². The van der Waals surface area contributed by atoms with Crippen molar-refractivity contribution in [1.82, 2.24) is 10.6 Å². The van der Waals surface area contributed by atoms with Crippen LogP contribution in [0.15, 0.2) is 0 Å². The van der Waals surface area contributed by atoms with Crippen molar-refractivity contribution in [2.24, 2.45) is 5.41 Å². The normalized spacial score (nSPS) is 28.8. The average Bonchev–Trinajstić information content (AvgIpc) is 2.67.